The zero-order valence-corrected chi connectivity index (χ0v) is 11.0. The molecule has 0 aliphatic rings. The Bertz CT molecular complexity index is 638. The van der Waals surface area contributed by atoms with Gasteiger partial charge < -0.3 is 10.1 Å². The molecule has 1 N–H and O–H groups in total. The van der Waals surface area contributed by atoms with Crippen LogP contribution in [0.1, 0.15) is 5.56 Å². The van der Waals surface area contributed by atoms with Gasteiger partial charge >= 0.3 is 0 Å². The number of benzene rings is 2. The van der Waals surface area contributed by atoms with Gasteiger partial charge in [-0.2, -0.15) is 0 Å². The maximum atomic E-state index is 13.4. The molecule has 0 atom stereocenters. The van der Waals surface area contributed by atoms with Gasteiger partial charge in [-0.25, -0.2) is 4.39 Å². The number of ether oxygens (including phenoxy) is 1. The first-order valence-corrected chi connectivity index (χ1v) is 6.06. The molecule has 0 radical (unpaired) electrons. The SMILES string of the molecule is COc1cccc(NC(=O)/C=C/c2ccccc2F)c1. The maximum absolute atomic E-state index is 13.4. The molecule has 0 heterocycles. The fourth-order valence-corrected chi connectivity index (χ4v) is 1.66. The highest BCUT2D eigenvalue weighted by molar-refractivity contribution is 6.02. The summed E-state index contributed by atoms with van der Waals surface area (Å²) in [6, 6.07) is 13.3. The summed E-state index contributed by atoms with van der Waals surface area (Å²) >= 11 is 0. The van der Waals surface area contributed by atoms with Crippen molar-refractivity contribution in [3.8, 4) is 5.75 Å². The predicted molar refractivity (Wildman–Crippen MR) is 77.1 cm³/mol. The molecule has 2 aromatic carbocycles. The van der Waals surface area contributed by atoms with Gasteiger partial charge in [0.05, 0.1) is 7.11 Å². The normalized spacial score (nSPS) is 10.5. The van der Waals surface area contributed by atoms with Gasteiger partial charge in [0.1, 0.15) is 11.6 Å². The van der Waals surface area contributed by atoms with Gasteiger partial charge in [-0.1, -0.05) is 24.3 Å². The molecule has 0 aliphatic heterocycles. The summed E-state index contributed by atoms with van der Waals surface area (Å²) in [4.78, 5) is 11.7. The Balaban J connectivity index is 2.04. The third-order valence-corrected chi connectivity index (χ3v) is 2.66. The van der Waals surface area contributed by atoms with Crippen LogP contribution in [0.5, 0.6) is 5.75 Å². The largest absolute Gasteiger partial charge is 0.497 e. The minimum atomic E-state index is -0.363. The number of rotatable bonds is 4. The van der Waals surface area contributed by atoms with E-state index in [0.29, 0.717) is 17.0 Å². The molecule has 0 spiro atoms. The predicted octanol–water partition coefficient (Wildman–Crippen LogP) is 3.49. The molecule has 0 fully saturated rings. The van der Waals surface area contributed by atoms with Crippen LogP contribution in [0.3, 0.4) is 0 Å². The minimum absolute atomic E-state index is 0.332. The highest BCUT2D eigenvalue weighted by Crippen LogP contribution is 2.16. The Morgan fingerprint density at radius 1 is 1.20 bits per heavy atom. The second-order valence-electron chi connectivity index (χ2n) is 4.08. The first-order chi connectivity index (χ1) is 9.69. The van der Waals surface area contributed by atoms with Gasteiger partial charge in [0, 0.05) is 23.4 Å². The van der Waals surface area contributed by atoms with Crippen molar-refractivity contribution in [2.75, 3.05) is 12.4 Å². The zero-order chi connectivity index (χ0) is 14.4. The number of anilines is 1. The number of amides is 1. The highest BCUT2D eigenvalue weighted by Gasteiger charge is 2.01. The van der Waals surface area contributed by atoms with Gasteiger partial charge in [-0.3, -0.25) is 4.79 Å². The van der Waals surface area contributed by atoms with E-state index in [2.05, 4.69) is 5.32 Å². The van der Waals surface area contributed by atoms with E-state index in [9.17, 15) is 9.18 Å². The molecule has 0 aliphatic carbocycles. The molecule has 1 amide bonds. The summed E-state index contributed by atoms with van der Waals surface area (Å²) in [6.45, 7) is 0. The number of carbonyl (C=O) groups is 1. The van der Waals surface area contributed by atoms with Crippen molar-refractivity contribution in [2.24, 2.45) is 0 Å². The first-order valence-electron chi connectivity index (χ1n) is 6.06. The molecule has 2 aromatic rings. The van der Waals surface area contributed by atoms with E-state index in [1.807, 2.05) is 0 Å². The Labute approximate surface area is 116 Å². The van der Waals surface area contributed by atoms with Crippen molar-refractivity contribution in [1.29, 1.82) is 0 Å². The smallest absolute Gasteiger partial charge is 0.248 e. The summed E-state index contributed by atoms with van der Waals surface area (Å²) < 4.78 is 18.4. The van der Waals surface area contributed by atoms with Crippen LogP contribution < -0.4 is 10.1 Å². The highest BCUT2D eigenvalue weighted by atomic mass is 19.1. The summed E-state index contributed by atoms with van der Waals surface area (Å²) in [5, 5.41) is 2.68. The van der Waals surface area contributed by atoms with Crippen LogP contribution in [0.15, 0.2) is 54.6 Å². The molecule has 0 aromatic heterocycles. The van der Waals surface area contributed by atoms with Crippen molar-refractivity contribution in [2.45, 2.75) is 0 Å². The number of halogens is 1. The third-order valence-electron chi connectivity index (χ3n) is 2.66. The topological polar surface area (TPSA) is 38.3 Å². The number of carbonyl (C=O) groups excluding carboxylic acids is 1. The summed E-state index contributed by atoms with van der Waals surface area (Å²) in [7, 11) is 1.55. The van der Waals surface area contributed by atoms with Crippen LogP contribution in [-0.4, -0.2) is 13.0 Å². The molecular weight excluding hydrogens is 257 g/mol. The molecule has 0 unspecified atom stereocenters. The van der Waals surface area contributed by atoms with E-state index < -0.39 is 0 Å². The van der Waals surface area contributed by atoms with Crippen molar-refractivity contribution in [3.05, 3.63) is 66.0 Å². The van der Waals surface area contributed by atoms with Crippen LogP contribution in [-0.2, 0) is 4.79 Å². The minimum Gasteiger partial charge on any atom is -0.497 e. The van der Waals surface area contributed by atoms with E-state index in [0.717, 1.165) is 0 Å². The van der Waals surface area contributed by atoms with E-state index in [1.54, 1.807) is 49.6 Å². The zero-order valence-electron chi connectivity index (χ0n) is 11.0. The van der Waals surface area contributed by atoms with Crippen LogP contribution in [0.25, 0.3) is 6.08 Å². The van der Waals surface area contributed by atoms with Crippen molar-refractivity contribution in [3.63, 3.8) is 0 Å². The van der Waals surface area contributed by atoms with Crippen LogP contribution in [0.4, 0.5) is 10.1 Å². The average molecular weight is 271 g/mol. The number of hydrogen-bond donors (Lipinski definition) is 1. The Kier molecular flexibility index (Phi) is 4.50. The monoisotopic (exact) mass is 271 g/mol. The van der Waals surface area contributed by atoms with Gasteiger partial charge in [-0.05, 0) is 24.3 Å². The first kappa shape index (κ1) is 13.8. The van der Waals surface area contributed by atoms with Gasteiger partial charge in [0.15, 0.2) is 0 Å². The van der Waals surface area contributed by atoms with Gasteiger partial charge in [-0.15, -0.1) is 0 Å². The molecule has 4 heteroatoms. The van der Waals surface area contributed by atoms with E-state index >= 15 is 0 Å². The molecular formula is C16H14FNO2. The average Bonchev–Trinajstić information content (AvgIpc) is 2.46. The lowest BCUT2D eigenvalue weighted by atomic mass is 10.2. The van der Waals surface area contributed by atoms with Gasteiger partial charge in [0.2, 0.25) is 5.91 Å². The fraction of sp³-hybridized carbons (Fsp3) is 0.0625. The summed E-state index contributed by atoms with van der Waals surface area (Å²) in [6.07, 6.45) is 2.72. The van der Waals surface area contributed by atoms with E-state index in [-0.39, 0.29) is 11.7 Å². The van der Waals surface area contributed by atoms with E-state index in [4.69, 9.17) is 4.74 Å². The second kappa shape index (κ2) is 6.52. The van der Waals surface area contributed by atoms with Crippen LogP contribution in [0.2, 0.25) is 0 Å². The Morgan fingerprint density at radius 2 is 2.00 bits per heavy atom. The molecule has 0 saturated carbocycles. The molecule has 0 saturated heterocycles. The molecule has 102 valence electrons. The van der Waals surface area contributed by atoms with Crippen LogP contribution >= 0.6 is 0 Å². The third kappa shape index (κ3) is 3.68. The molecule has 3 nitrogen and oxygen atoms in total. The molecule has 2 rings (SSSR count). The Morgan fingerprint density at radius 3 is 2.75 bits per heavy atom. The lowest BCUT2D eigenvalue weighted by Gasteiger charge is -2.04. The fourth-order valence-electron chi connectivity index (χ4n) is 1.66. The quantitative estimate of drug-likeness (QED) is 0.864. The maximum Gasteiger partial charge on any atom is 0.248 e. The lowest BCUT2D eigenvalue weighted by Crippen LogP contribution is -2.07. The van der Waals surface area contributed by atoms with Crippen molar-refractivity contribution >= 4 is 17.7 Å². The Hall–Kier alpha value is -2.62. The van der Waals surface area contributed by atoms with Crippen molar-refractivity contribution < 1.29 is 13.9 Å². The summed E-state index contributed by atoms with van der Waals surface area (Å²) in [5.74, 6) is -0.0414. The molecule has 20 heavy (non-hydrogen) atoms. The standard InChI is InChI=1S/C16H14FNO2/c1-20-14-7-4-6-13(11-14)18-16(19)10-9-12-5-2-3-8-15(12)17/h2-11H,1H3,(H,18,19)/b10-9+. The lowest BCUT2D eigenvalue weighted by molar-refractivity contribution is -0.111. The van der Waals surface area contributed by atoms with Crippen LogP contribution in [0, 0.1) is 5.82 Å². The number of hydrogen-bond acceptors (Lipinski definition) is 2. The number of nitrogens with one attached hydrogen (secondary N) is 1. The van der Waals surface area contributed by atoms with Crippen molar-refractivity contribution in [1.82, 2.24) is 0 Å². The van der Waals surface area contributed by atoms with Gasteiger partial charge in [0.25, 0.3) is 0 Å². The van der Waals surface area contributed by atoms with E-state index in [1.165, 1.54) is 18.2 Å². The molecule has 0 bridgehead atoms. The number of methoxy groups -OCH3 is 1. The second-order valence-corrected chi connectivity index (χ2v) is 4.08. The summed E-state index contributed by atoms with van der Waals surface area (Å²) in [5.41, 5.74) is 0.987.